The molecule has 0 saturated heterocycles. The van der Waals surface area contributed by atoms with E-state index >= 15 is 0 Å². The fourth-order valence-corrected chi connectivity index (χ4v) is 1.97. The minimum Gasteiger partial charge on any atom is -0.374 e. The van der Waals surface area contributed by atoms with E-state index in [0.717, 1.165) is 5.69 Å². The van der Waals surface area contributed by atoms with Crippen LogP contribution in [0.1, 0.15) is 12.5 Å². The van der Waals surface area contributed by atoms with Crippen molar-refractivity contribution >= 4 is 35.1 Å². The van der Waals surface area contributed by atoms with E-state index in [0.29, 0.717) is 10.6 Å². The number of nitrogens with zero attached hydrogens (tertiary/aromatic N) is 2. The zero-order valence-electron chi connectivity index (χ0n) is 12.8. The predicted octanol–water partition coefficient (Wildman–Crippen LogP) is 3.20. The first-order valence-electron chi connectivity index (χ1n) is 7.05. The quantitative estimate of drug-likeness (QED) is 0.477. The molecule has 0 heterocycles. The number of hydrogen-bond acceptors (Lipinski definition) is 5. The highest BCUT2D eigenvalue weighted by atomic mass is 35.5. The molecule has 0 aliphatic rings. The Morgan fingerprint density at radius 2 is 2.00 bits per heavy atom. The maximum atomic E-state index is 12.0. The summed E-state index contributed by atoms with van der Waals surface area (Å²) < 4.78 is 0. The van der Waals surface area contributed by atoms with Crippen molar-refractivity contribution in [1.29, 1.82) is 0 Å². The van der Waals surface area contributed by atoms with Crippen molar-refractivity contribution in [2.24, 2.45) is 5.10 Å². The number of carbonyl (C=O) groups excluding carboxylic acids is 1. The standard InChI is InChI=1S/C16H15ClN4O3/c1-11(19-14-7-5-13(17)6-8-14)16(22)20-18-10-12-3-2-4-15(9-12)21(23)24/h2-11,19H,1H3,(H,20,22)/b18-10+. The Morgan fingerprint density at radius 1 is 1.29 bits per heavy atom. The second-order valence-corrected chi connectivity index (χ2v) is 5.40. The lowest BCUT2D eigenvalue weighted by atomic mass is 10.2. The number of rotatable bonds is 6. The number of nitro groups is 1. The first kappa shape index (κ1) is 17.4. The number of non-ortho nitro benzene ring substituents is 1. The van der Waals surface area contributed by atoms with E-state index in [1.165, 1.54) is 18.3 Å². The molecule has 2 rings (SSSR count). The Hall–Kier alpha value is -2.93. The van der Waals surface area contributed by atoms with Crippen LogP contribution in [0.3, 0.4) is 0 Å². The van der Waals surface area contributed by atoms with E-state index in [4.69, 9.17) is 11.6 Å². The van der Waals surface area contributed by atoms with Crippen LogP contribution in [0, 0.1) is 10.1 Å². The van der Waals surface area contributed by atoms with Crippen LogP contribution < -0.4 is 10.7 Å². The SMILES string of the molecule is CC(Nc1ccc(Cl)cc1)C(=O)N/N=C/c1cccc([N+](=O)[O-])c1. The average molecular weight is 347 g/mol. The second kappa shape index (κ2) is 8.07. The third-order valence-electron chi connectivity index (χ3n) is 3.09. The van der Waals surface area contributed by atoms with Crippen molar-refractivity contribution in [3.63, 3.8) is 0 Å². The van der Waals surface area contributed by atoms with Gasteiger partial charge in [0.2, 0.25) is 0 Å². The van der Waals surface area contributed by atoms with E-state index in [1.807, 2.05) is 0 Å². The Kier molecular flexibility index (Phi) is 5.86. The molecular formula is C16H15ClN4O3. The maximum Gasteiger partial charge on any atom is 0.270 e. The van der Waals surface area contributed by atoms with Crippen LogP contribution in [-0.4, -0.2) is 23.1 Å². The summed E-state index contributed by atoms with van der Waals surface area (Å²) in [5.41, 5.74) is 3.62. The molecule has 0 saturated carbocycles. The van der Waals surface area contributed by atoms with Crippen LogP contribution in [0.5, 0.6) is 0 Å². The third kappa shape index (κ3) is 5.06. The molecule has 0 bridgehead atoms. The second-order valence-electron chi connectivity index (χ2n) is 4.96. The van der Waals surface area contributed by atoms with Gasteiger partial charge in [0, 0.05) is 28.4 Å². The predicted molar refractivity (Wildman–Crippen MR) is 93.4 cm³/mol. The number of benzene rings is 2. The number of hydrogen-bond donors (Lipinski definition) is 2. The smallest absolute Gasteiger partial charge is 0.270 e. The third-order valence-corrected chi connectivity index (χ3v) is 3.34. The summed E-state index contributed by atoms with van der Waals surface area (Å²) in [6.07, 6.45) is 1.35. The molecule has 8 heteroatoms. The van der Waals surface area contributed by atoms with Gasteiger partial charge in [-0.15, -0.1) is 0 Å². The number of amides is 1. The first-order valence-corrected chi connectivity index (χ1v) is 7.43. The van der Waals surface area contributed by atoms with E-state index < -0.39 is 11.0 Å². The lowest BCUT2D eigenvalue weighted by Crippen LogP contribution is -2.34. The molecule has 0 aromatic heterocycles. The lowest BCUT2D eigenvalue weighted by Gasteiger charge is -2.13. The van der Waals surface area contributed by atoms with Gasteiger partial charge in [0.1, 0.15) is 6.04 Å². The van der Waals surface area contributed by atoms with Crippen LogP contribution in [0.4, 0.5) is 11.4 Å². The molecule has 0 spiro atoms. The number of anilines is 1. The topological polar surface area (TPSA) is 96.6 Å². The lowest BCUT2D eigenvalue weighted by molar-refractivity contribution is -0.384. The first-order chi connectivity index (χ1) is 11.5. The summed E-state index contributed by atoms with van der Waals surface area (Å²) in [6.45, 7) is 1.69. The molecule has 2 aromatic rings. The molecule has 1 atom stereocenters. The monoisotopic (exact) mass is 346 g/mol. The van der Waals surface area contributed by atoms with Gasteiger partial charge in [-0.05, 0) is 31.2 Å². The van der Waals surface area contributed by atoms with Gasteiger partial charge in [0.05, 0.1) is 11.1 Å². The van der Waals surface area contributed by atoms with Gasteiger partial charge in [-0.2, -0.15) is 5.10 Å². The normalized spacial score (nSPS) is 11.9. The Bertz CT molecular complexity index is 762. The molecule has 1 unspecified atom stereocenters. The molecule has 2 aromatic carbocycles. The largest absolute Gasteiger partial charge is 0.374 e. The van der Waals surface area contributed by atoms with Crippen LogP contribution in [0.15, 0.2) is 53.6 Å². The summed E-state index contributed by atoms with van der Waals surface area (Å²) in [6, 6.07) is 12.4. The number of halogens is 1. The van der Waals surface area contributed by atoms with Gasteiger partial charge in [0.15, 0.2) is 0 Å². The van der Waals surface area contributed by atoms with Crippen LogP contribution in [0.25, 0.3) is 0 Å². The van der Waals surface area contributed by atoms with Gasteiger partial charge in [-0.25, -0.2) is 5.43 Å². The van der Waals surface area contributed by atoms with Gasteiger partial charge in [-0.1, -0.05) is 23.7 Å². The molecule has 0 aliphatic heterocycles. The fourth-order valence-electron chi connectivity index (χ4n) is 1.85. The van der Waals surface area contributed by atoms with Crippen LogP contribution >= 0.6 is 11.6 Å². The molecule has 0 radical (unpaired) electrons. The maximum absolute atomic E-state index is 12.0. The zero-order chi connectivity index (χ0) is 17.5. The summed E-state index contributed by atoms with van der Waals surface area (Å²) in [5, 5.41) is 18.1. The van der Waals surface area contributed by atoms with Gasteiger partial charge in [-0.3, -0.25) is 14.9 Å². The highest BCUT2D eigenvalue weighted by Crippen LogP contribution is 2.14. The van der Waals surface area contributed by atoms with Crippen molar-refractivity contribution in [3.05, 3.63) is 69.2 Å². The van der Waals surface area contributed by atoms with E-state index in [-0.39, 0.29) is 11.6 Å². The van der Waals surface area contributed by atoms with E-state index in [2.05, 4.69) is 15.8 Å². The molecule has 2 N–H and O–H groups in total. The molecule has 1 amide bonds. The zero-order valence-corrected chi connectivity index (χ0v) is 13.5. The fraction of sp³-hybridized carbons (Fsp3) is 0.125. The average Bonchev–Trinajstić information content (AvgIpc) is 2.57. The highest BCUT2D eigenvalue weighted by Gasteiger charge is 2.11. The van der Waals surface area contributed by atoms with Crippen molar-refractivity contribution in [1.82, 2.24) is 5.43 Å². The van der Waals surface area contributed by atoms with Gasteiger partial charge < -0.3 is 5.32 Å². The highest BCUT2D eigenvalue weighted by molar-refractivity contribution is 6.30. The molecule has 0 aliphatic carbocycles. The molecule has 0 fully saturated rings. The molecular weight excluding hydrogens is 332 g/mol. The minimum atomic E-state index is -0.520. The van der Waals surface area contributed by atoms with Crippen molar-refractivity contribution in [2.45, 2.75) is 13.0 Å². The number of nitrogens with one attached hydrogen (secondary N) is 2. The van der Waals surface area contributed by atoms with E-state index in [9.17, 15) is 14.9 Å². The van der Waals surface area contributed by atoms with Crippen molar-refractivity contribution in [2.75, 3.05) is 5.32 Å². The number of nitro benzene ring substituents is 1. The summed E-state index contributed by atoms with van der Waals surface area (Å²) >= 11 is 5.80. The van der Waals surface area contributed by atoms with Crippen molar-refractivity contribution in [3.8, 4) is 0 Å². The summed E-state index contributed by atoms with van der Waals surface area (Å²) in [5.74, 6) is -0.341. The molecule has 24 heavy (non-hydrogen) atoms. The molecule has 7 nitrogen and oxygen atoms in total. The molecule has 124 valence electrons. The van der Waals surface area contributed by atoms with Crippen molar-refractivity contribution < 1.29 is 9.72 Å². The van der Waals surface area contributed by atoms with E-state index in [1.54, 1.807) is 43.3 Å². The Balaban J connectivity index is 1.90. The van der Waals surface area contributed by atoms with Gasteiger partial charge in [0.25, 0.3) is 11.6 Å². The van der Waals surface area contributed by atoms with Gasteiger partial charge >= 0.3 is 0 Å². The number of hydrazone groups is 1. The number of carbonyl (C=O) groups is 1. The Morgan fingerprint density at radius 3 is 2.67 bits per heavy atom. The summed E-state index contributed by atoms with van der Waals surface area (Å²) in [4.78, 5) is 22.2. The van der Waals surface area contributed by atoms with Crippen LogP contribution in [0.2, 0.25) is 5.02 Å². The Labute approximate surface area is 143 Å². The van der Waals surface area contributed by atoms with Crippen LogP contribution in [-0.2, 0) is 4.79 Å². The minimum absolute atomic E-state index is 0.0388. The summed E-state index contributed by atoms with van der Waals surface area (Å²) in [7, 11) is 0.